The summed E-state index contributed by atoms with van der Waals surface area (Å²) in [6, 6.07) is 3.02. The van der Waals surface area contributed by atoms with E-state index in [1.165, 1.54) is 24.8 Å². The number of ether oxygens (including phenoxy) is 1. The fourth-order valence-corrected chi connectivity index (χ4v) is 2.83. The molecule has 1 aliphatic carbocycles. The van der Waals surface area contributed by atoms with Crippen LogP contribution in [0.4, 0.5) is 0 Å². The maximum atomic E-state index is 11.9. The van der Waals surface area contributed by atoms with Crippen molar-refractivity contribution in [1.29, 1.82) is 0 Å². The van der Waals surface area contributed by atoms with E-state index in [1.54, 1.807) is 0 Å². The molecule has 1 aromatic rings. The molecule has 1 saturated carbocycles. The van der Waals surface area contributed by atoms with Crippen molar-refractivity contribution in [3.63, 3.8) is 0 Å². The van der Waals surface area contributed by atoms with Gasteiger partial charge in [-0.15, -0.1) is 0 Å². The number of hydrogen-bond acceptors (Lipinski definition) is 4. The number of pyridine rings is 1. The largest absolute Gasteiger partial charge is 0.452 e. The van der Waals surface area contributed by atoms with Gasteiger partial charge in [-0.05, 0) is 30.4 Å². The molecule has 0 radical (unpaired) electrons. The summed E-state index contributed by atoms with van der Waals surface area (Å²) >= 11 is 0. The van der Waals surface area contributed by atoms with Crippen LogP contribution < -0.4 is 10.9 Å². The van der Waals surface area contributed by atoms with E-state index in [9.17, 15) is 14.4 Å². The second-order valence-corrected chi connectivity index (χ2v) is 5.93. The normalized spacial score (nSPS) is 24.5. The highest BCUT2D eigenvalue weighted by Crippen LogP contribution is 2.29. The van der Waals surface area contributed by atoms with Crippen molar-refractivity contribution < 1.29 is 14.3 Å². The van der Waals surface area contributed by atoms with E-state index < -0.39 is 11.5 Å². The Morgan fingerprint density at radius 2 is 2.14 bits per heavy atom. The van der Waals surface area contributed by atoms with Gasteiger partial charge < -0.3 is 15.0 Å². The first-order valence-electron chi connectivity index (χ1n) is 7.63. The summed E-state index contributed by atoms with van der Waals surface area (Å²) in [5, 5.41) is 2.92. The predicted octanol–water partition coefficient (Wildman–Crippen LogP) is 1.47. The van der Waals surface area contributed by atoms with Crippen molar-refractivity contribution in [2.75, 3.05) is 6.61 Å². The zero-order valence-electron chi connectivity index (χ0n) is 12.9. The van der Waals surface area contributed by atoms with Crippen LogP contribution in [0.15, 0.2) is 23.1 Å². The molecular weight excluding hydrogens is 284 g/mol. The first-order chi connectivity index (χ1) is 10.5. The van der Waals surface area contributed by atoms with Crippen molar-refractivity contribution in [3.8, 4) is 0 Å². The number of aromatic nitrogens is 1. The fraction of sp³-hybridized carbons (Fsp3) is 0.562. The second kappa shape index (κ2) is 7.24. The van der Waals surface area contributed by atoms with E-state index in [4.69, 9.17) is 4.74 Å². The summed E-state index contributed by atoms with van der Waals surface area (Å²) in [5.74, 6) is -0.136. The lowest BCUT2D eigenvalue weighted by Gasteiger charge is -2.34. The molecule has 1 heterocycles. The molecule has 0 bridgehead atoms. The van der Waals surface area contributed by atoms with Crippen LogP contribution in [0.2, 0.25) is 0 Å². The number of rotatable bonds is 4. The number of esters is 1. The van der Waals surface area contributed by atoms with Gasteiger partial charge in [0.05, 0.1) is 0 Å². The number of hydrogen-bond donors (Lipinski definition) is 2. The van der Waals surface area contributed by atoms with E-state index in [2.05, 4.69) is 24.1 Å². The minimum Gasteiger partial charge on any atom is -0.452 e. The van der Waals surface area contributed by atoms with E-state index in [0.717, 1.165) is 12.8 Å². The summed E-state index contributed by atoms with van der Waals surface area (Å²) in [6.45, 7) is 3.94. The first-order valence-corrected chi connectivity index (χ1v) is 7.63. The monoisotopic (exact) mass is 306 g/mol. The van der Waals surface area contributed by atoms with Crippen LogP contribution in [-0.4, -0.2) is 29.5 Å². The van der Waals surface area contributed by atoms with Crippen molar-refractivity contribution in [2.45, 2.75) is 39.2 Å². The molecule has 1 aliphatic rings. The van der Waals surface area contributed by atoms with Gasteiger partial charge in [0.25, 0.3) is 11.5 Å². The Morgan fingerprint density at radius 3 is 2.86 bits per heavy atom. The molecule has 3 atom stereocenters. The predicted molar refractivity (Wildman–Crippen MR) is 81.5 cm³/mol. The average molecular weight is 306 g/mol. The molecule has 22 heavy (non-hydrogen) atoms. The molecule has 2 rings (SSSR count). The van der Waals surface area contributed by atoms with E-state index in [-0.39, 0.29) is 24.1 Å². The molecule has 1 aromatic heterocycles. The van der Waals surface area contributed by atoms with Gasteiger partial charge in [-0.2, -0.15) is 0 Å². The third-order valence-electron chi connectivity index (χ3n) is 4.43. The summed E-state index contributed by atoms with van der Waals surface area (Å²) in [4.78, 5) is 37.5. The van der Waals surface area contributed by atoms with Crippen molar-refractivity contribution >= 4 is 11.9 Å². The minimum atomic E-state index is -0.790. The van der Waals surface area contributed by atoms with Gasteiger partial charge in [0.1, 0.15) is 5.56 Å². The van der Waals surface area contributed by atoms with Gasteiger partial charge in [0.2, 0.25) is 0 Å². The van der Waals surface area contributed by atoms with Gasteiger partial charge in [-0.1, -0.05) is 26.7 Å². The molecule has 0 aromatic carbocycles. The molecule has 1 amide bonds. The van der Waals surface area contributed by atoms with Crippen LogP contribution in [0, 0.1) is 11.8 Å². The minimum absolute atomic E-state index is 0.102. The lowest BCUT2D eigenvalue weighted by Crippen LogP contribution is -2.45. The Labute approximate surface area is 129 Å². The molecule has 6 heteroatoms. The van der Waals surface area contributed by atoms with Crippen LogP contribution in [-0.2, 0) is 9.53 Å². The lowest BCUT2D eigenvalue weighted by atomic mass is 9.78. The van der Waals surface area contributed by atoms with Crippen LogP contribution >= 0.6 is 0 Å². The Morgan fingerprint density at radius 1 is 1.36 bits per heavy atom. The number of nitrogens with one attached hydrogen (secondary N) is 2. The third kappa shape index (κ3) is 3.96. The zero-order valence-corrected chi connectivity index (χ0v) is 12.9. The molecule has 0 aliphatic heterocycles. The van der Waals surface area contributed by atoms with E-state index in [0.29, 0.717) is 11.8 Å². The van der Waals surface area contributed by atoms with Crippen molar-refractivity contribution in [3.05, 3.63) is 34.2 Å². The van der Waals surface area contributed by atoms with Gasteiger partial charge in [0.15, 0.2) is 6.61 Å². The van der Waals surface area contributed by atoms with Gasteiger partial charge in [-0.25, -0.2) is 4.79 Å². The lowest BCUT2D eigenvalue weighted by molar-refractivity contribution is -0.125. The zero-order chi connectivity index (χ0) is 16.1. The number of H-pyrrole nitrogens is 1. The maximum absolute atomic E-state index is 11.9. The van der Waals surface area contributed by atoms with Crippen LogP contribution in [0.25, 0.3) is 0 Å². The molecule has 120 valence electrons. The summed E-state index contributed by atoms with van der Waals surface area (Å²) in [7, 11) is 0. The van der Waals surface area contributed by atoms with Gasteiger partial charge in [-0.3, -0.25) is 9.59 Å². The summed E-state index contributed by atoms with van der Waals surface area (Å²) in [6.07, 6.45) is 4.65. The first kappa shape index (κ1) is 16.3. The molecule has 0 spiro atoms. The van der Waals surface area contributed by atoms with Crippen molar-refractivity contribution in [1.82, 2.24) is 10.3 Å². The fourth-order valence-electron chi connectivity index (χ4n) is 2.83. The highest BCUT2D eigenvalue weighted by molar-refractivity contribution is 5.90. The summed E-state index contributed by atoms with van der Waals surface area (Å²) in [5.41, 5.74) is -0.627. The standard InChI is InChI=1S/C16H22N2O4/c1-10-5-3-7-13(11(10)2)18-14(19)9-22-16(21)12-6-4-8-17-15(12)20/h4,6,8,10-11,13H,3,5,7,9H2,1-2H3,(H,17,20)(H,18,19)/t10-,11+,13-/m1/s1. The Kier molecular flexibility index (Phi) is 5.35. The highest BCUT2D eigenvalue weighted by Gasteiger charge is 2.28. The highest BCUT2D eigenvalue weighted by atomic mass is 16.5. The number of carbonyl (C=O) groups is 2. The molecule has 2 N–H and O–H groups in total. The topological polar surface area (TPSA) is 88.3 Å². The molecule has 6 nitrogen and oxygen atoms in total. The summed E-state index contributed by atoms with van der Waals surface area (Å²) < 4.78 is 4.90. The second-order valence-electron chi connectivity index (χ2n) is 5.93. The maximum Gasteiger partial charge on any atom is 0.344 e. The Hall–Kier alpha value is -2.11. The van der Waals surface area contributed by atoms with Crippen LogP contribution in [0.1, 0.15) is 43.5 Å². The van der Waals surface area contributed by atoms with Crippen LogP contribution in [0.3, 0.4) is 0 Å². The number of amides is 1. The van der Waals surface area contributed by atoms with E-state index >= 15 is 0 Å². The smallest absolute Gasteiger partial charge is 0.344 e. The average Bonchev–Trinajstić information content (AvgIpc) is 2.50. The molecule has 0 unspecified atom stereocenters. The third-order valence-corrected chi connectivity index (χ3v) is 4.43. The van der Waals surface area contributed by atoms with Gasteiger partial charge >= 0.3 is 5.97 Å². The quantitative estimate of drug-likeness (QED) is 0.825. The Bertz CT molecular complexity index is 596. The molecular formula is C16H22N2O4. The van der Waals surface area contributed by atoms with E-state index in [1.807, 2.05) is 0 Å². The van der Waals surface area contributed by atoms with Gasteiger partial charge in [0, 0.05) is 12.2 Å². The SMILES string of the molecule is C[C@H]1[C@H](C)CCC[C@H]1NC(=O)COC(=O)c1ccc[nH]c1=O. The van der Waals surface area contributed by atoms with Crippen LogP contribution in [0.5, 0.6) is 0 Å². The van der Waals surface area contributed by atoms with Crippen molar-refractivity contribution in [2.24, 2.45) is 11.8 Å². The number of carbonyl (C=O) groups excluding carboxylic acids is 2. The molecule has 1 fully saturated rings. The number of aromatic amines is 1. The Balaban J connectivity index is 1.84. The molecule has 0 saturated heterocycles.